The van der Waals surface area contributed by atoms with E-state index in [1.165, 1.54) is 38.5 Å². The number of hydrogen-bond acceptors (Lipinski definition) is 3. The first-order valence-electron chi connectivity index (χ1n) is 7.72. The van der Waals surface area contributed by atoms with Gasteiger partial charge in [-0.05, 0) is 50.2 Å². The van der Waals surface area contributed by atoms with Crippen LogP contribution in [0.5, 0.6) is 0 Å². The van der Waals surface area contributed by atoms with Crippen molar-refractivity contribution in [3.8, 4) is 0 Å². The lowest BCUT2D eigenvalue weighted by Crippen LogP contribution is -2.26. The van der Waals surface area contributed by atoms with Crippen LogP contribution in [0.2, 0.25) is 5.02 Å². The van der Waals surface area contributed by atoms with Crippen LogP contribution in [0.3, 0.4) is 0 Å². The largest absolute Gasteiger partial charge is 0.382 e. The monoisotopic (exact) mass is 310 g/mol. The molecule has 1 aliphatic rings. The number of rotatable bonds is 5. The summed E-state index contributed by atoms with van der Waals surface area (Å²) in [6, 6.07) is 3.69. The molecule has 0 atom stereocenters. The highest BCUT2D eigenvalue weighted by atomic mass is 35.5. The van der Waals surface area contributed by atoms with Crippen LogP contribution in [0.1, 0.15) is 51.0 Å². The van der Waals surface area contributed by atoms with Crippen LogP contribution in [0.25, 0.3) is 0 Å². The second-order valence-electron chi connectivity index (χ2n) is 6.03. The predicted molar refractivity (Wildman–Crippen MR) is 87.1 cm³/mol. The van der Waals surface area contributed by atoms with Gasteiger partial charge in [0.15, 0.2) is 0 Å². The fourth-order valence-electron chi connectivity index (χ4n) is 3.19. The molecule has 1 saturated carbocycles. The molecule has 4 nitrogen and oxygen atoms in total. The molecule has 0 saturated heterocycles. The number of aryl methyl sites for hydroxylation is 1. The number of nitro groups is 1. The Labute approximate surface area is 131 Å². The van der Waals surface area contributed by atoms with Gasteiger partial charge in [0, 0.05) is 17.8 Å². The van der Waals surface area contributed by atoms with Crippen LogP contribution in [0, 0.1) is 23.0 Å². The maximum atomic E-state index is 10.9. The topological polar surface area (TPSA) is 55.2 Å². The van der Waals surface area contributed by atoms with Gasteiger partial charge < -0.3 is 5.32 Å². The van der Waals surface area contributed by atoms with Gasteiger partial charge in [0.25, 0.3) is 5.69 Å². The third-order valence-corrected chi connectivity index (χ3v) is 4.70. The Kier molecular flexibility index (Phi) is 5.45. The van der Waals surface area contributed by atoms with Gasteiger partial charge >= 0.3 is 0 Å². The third kappa shape index (κ3) is 4.10. The average Bonchev–Trinajstić information content (AvgIpc) is 2.44. The highest BCUT2D eigenvalue weighted by Gasteiger charge is 2.22. The first-order chi connectivity index (χ1) is 10.0. The van der Waals surface area contributed by atoms with E-state index in [0.717, 1.165) is 17.2 Å². The van der Waals surface area contributed by atoms with Gasteiger partial charge in [-0.25, -0.2) is 0 Å². The molecule has 1 aromatic carbocycles. The molecule has 0 unspecified atom stereocenters. The number of benzene rings is 1. The van der Waals surface area contributed by atoms with Crippen molar-refractivity contribution >= 4 is 23.0 Å². The SMILES string of the molecule is CCCC1CCC(Nc2cc(Cl)c([N+](=O)[O-])cc2C)CC1. The smallest absolute Gasteiger partial charge is 0.288 e. The molecular weight excluding hydrogens is 288 g/mol. The number of anilines is 1. The van der Waals surface area contributed by atoms with Gasteiger partial charge in [-0.1, -0.05) is 31.4 Å². The van der Waals surface area contributed by atoms with E-state index in [4.69, 9.17) is 11.6 Å². The fourth-order valence-corrected chi connectivity index (χ4v) is 3.42. The van der Waals surface area contributed by atoms with E-state index in [0.29, 0.717) is 6.04 Å². The molecule has 0 aliphatic heterocycles. The first kappa shape index (κ1) is 16.1. The van der Waals surface area contributed by atoms with Crippen LogP contribution >= 0.6 is 11.6 Å². The lowest BCUT2D eigenvalue weighted by Gasteiger charge is -2.30. The van der Waals surface area contributed by atoms with Gasteiger partial charge in [-0.3, -0.25) is 10.1 Å². The highest BCUT2D eigenvalue weighted by Crippen LogP contribution is 2.33. The van der Waals surface area contributed by atoms with Crippen LogP contribution < -0.4 is 5.32 Å². The molecule has 0 spiro atoms. The first-order valence-corrected chi connectivity index (χ1v) is 8.10. The minimum Gasteiger partial charge on any atom is -0.382 e. The van der Waals surface area contributed by atoms with Crippen molar-refractivity contribution in [2.75, 3.05) is 5.32 Å². The summed E-state index contributed by atoms with van der Waals surface area (Å²) in [6.07, 6.45) is 7.46. The third-order valence-electron chi connectivity index (χ3n) is 4.39. The van der Waals surface area contributed by atoms with Crippen LogP contribution in [0.15, 0.2) is 12.1 Å². The molecule has 1 aliphatic carbocycles. The molecule has 5 heteroatoms. The lowest BCUT2D eigenvalue weighted by molar-refractivity contribution is -0.384. The van der Waals surface area contributed by atoms with Gasteiger partial charge in [0.2, 0.25) is 0 Å². The maximum Gasteiger partial charge on any atom is 0.288 e. The summed E-state index contributed by atoms with van der Waals surface area (Å²) in [5.41, 5.74) is 1.78. The summed E-state index contributed by atoms with van der Waals surface area (Å²) in [4.78, 5) is 10.4. The van der Waals surface area contributed by atoms with Crippen molar-refractivity contribution in [1.82, 2.24) is 0 Å². The van der Waals surface area contributed by atoms with E-state index in [1.54, 1.807) is 12.1 Å². The molecule has 0 amide bonds. The van der Waals surface area contributed by atoms with Gasteiger partial charge in [0.1, 0.15) is 5.02 Å². The Morgan fingerprint density at radius 2 is 2.00 bits per heavy atom. The van der Waals surface area contributed by atoms with Crippen molar-refractivity contribution in [2.45, 2.75) is 58.4 Å². The molecule has 2 rings (SSSR count). The molecular formula is C16H23ClN2O2. The quantitative estimate of drug-likeness (QED) is 0.591. The summed E-state index contributed by atoms with van der Waals surface area (Å²) in [5.74, 6) is 0.870. The Bertz CT molecular complexity index is 511. The van der Waals surface area contributed by atoms with Crippen molar-refractivity contribution in [2.24, 2.45) is 5.92 Å². The molecule has 116 valence electrons. The number of hydrogen-bond donors (Lipinski definition) is 1. The summed E-state index contributed by atoms with van der Waals surface area (Å²) < 4.78 is 0. The summed E-state index contributed by atoms with van der Waals surface area (Å²) in [7, 11) is 0. The van der Waals surface area contributed by atoms with Gasteiger partial charge in [0.05, 0.1) is 4.92 Å². The fraction of sp³-hybridized carbons (Fsp3) is 0.625. The van der Waals surface area contributed by atoms with Crippen LogP contribution in [-0.4, -0.2) is 11.0 Å². The molecule has 1 N–H and O–H groups in total. The van der Waals surface area contributed by atoms with Crippen LogP contribution in [0.4, 0.5) is 11.4 Å². The molecule has 0 aromatic heterocycles. The number of halogens is 1. The Hall–Kier alpha value is -1.29. The lowest BCUT2D eigenvalue weighted by atomic mass is 9.83. The van der Waals surface area contributed by atoms with Gasteiger partial charge in [-0.15, -0.1) is 0 Å². The van der Waals surface area contributed by atoms with Crippen molar-refractivity contribution in [3.05, 3.63) is 32.8 Å². The summed E-state index contributed by atoms with van der Waals surface area (Å²) in [6.45, 7) is 4.13. The molecule has 0 heterocycles. The predicted octanol–water partition coefficient (Wildman–Crippen LogP) is 5.33. The van der Waals surface area contributed by atoms with E-state index in [1.807, 2.05) is 6.92 Å². The van der Waals surface area contributed by atoms with E-state index < -0.39 is 4.92 Å². The molecule has 0 bridgehead atoms. The second-order valence-corrected chi connectivity index (χ2v) is 6.43. The number of nitro benzene ring substituents is 1. The highest BCUT2D eigenvalue weighted by molar-refractivity contribution is 6.33. The zero-order valence-electron chi connectivity index (χ0n) is 12.7. The normalized spacial score (nSPS) is 22.0. The Morgan fingerprint density at radius 3 is 2.57 bits per heavy atom. The average molecular weight is 311 g/mol. The molecule has 0 radical (unpaired) electrons. The maximum absolute atomic E-state index is 10.9. The zero-order chi connectivity index (χ0) is 15.4. The molecule has 1 fully saturated rings. The Morgan fingerprint density at radius 1 is 1.33 bits per heavy atom. The standard InChI is InChI=1S/C16H23ClN2O2/c1-3-4-12-5-7-13(8-6-12)18-15-10-14(17)16(19(20)21)9-11(15)2/h9-10,12-13,18H,3-8H2,1-2H3. The van der Waals surface area contributed by atoms with Crippen molar-refractivity contribution in [1.29, 1.82) is 0 Å². The van der Waals surface area contributed by atoms with E-state index in [2.05, 4.69) is 12.2 Å². The second kappa shape index (κ2) is 7.12. The number of nitrogens with zero attached hydrogens (tertiary/aromatic N) is 1. The van der Waals surface area contributed by atoms with E-state index >= 15 is 0 Å². The van der Waals surface area contributed by atoms with Crippen LogP contribution in [-0.2, 0) is 0 Å². The zero-order valence-corrected chi connectivity index (χ0v) is 13.4. The minimum atomic E-state index is -0.435. The van der Waals surface area contributed by atoms with E-state index in [-0.39, 0.29) is 10.7 Å². The number of nitrogens with one attached hydrogen (secondary N) is 1. The summed E-state index contributed by atoms with van der Waals surface area (Å²) >= 11 is 6.00. The van der Waals surface area contributed by atoms with E-state index in [9.17, 15) is 10.1 Å². The van der Waals surface area contributed by atoms with Crippen molar-refractivity contribution in [3.63, 3.8) is 0 Å². The Balaban J connectivity index is 2.01. The summed E-state index contributed by atoms with van der Waals surface area (Å²) in [5, 5.41) is 14.6. The minimum absolute atomic E-state index is 0.0219. The van der Waals surface area contributed by atoms with Crippen molar-refractivity contribution < 1.29 is 4.92 Å². The molecule has 1 aromatic rings. The van der Waals surface area contributed by atoms with Gasteiger partial charge in [-0.2, -0.15) is 0 Å². The molecule has 21 heavy (non-hydrogen) atoms.